The third kappa shape index (κ3) is 2.21. The molecular weight excluding hydrogens is 254 g/mol. The minimum atomic E-state index is -0.367. The zero-order valence-corrected chi connectivity index (χ0v) is 10.6. The normalized spacial score (nSPS) is 10.6. The van der Waals surface area contributed by atoms with Crippen molar-refractivity contribution in [3.8, 4) is 0 Å². The van der Waals surface area contributed by atoms with Crippen molar-refractivity contribution in [3.05, 3.63) is 76.1 Å². The second kappa shape index (κ2) is 5.05. The summed E-state index contributed by atoms with van der Waals surface area (Å²) < 4.78 is 0. The lowest BCUT2D eigenvalue weighted by Gasteiger charge is -2.05. The van der Waals surface area contributed by atoms with E-state index < -0.39 is 0 Å². The first-order chi connectivity index (χ1) is 9.75. The van der Waals surface area contributed by atoms with Crippen molar-refractivity contribution in [1.82, 2.24) is 10.2 Å². The molecule has 1 heterocycles. The quantitative estimate of drug-likeness (QED) is 0.539. The highest BCUT2D eigenvalue weighted by molar-refractivity contribution is 5.83. The van der Waals surface area contributed by atoms with E-state index in [2.05, 4.69) is 10.2 Å². The Balaban J connectivity index is 2.08. The summed E-state index contributed by atoms with van der Waals surface area (Å²) in [6.07, 6.45) is 2.09. The van der Waals surface area contributed by atoms with Gasteiger partial charge in [0.15, 0.2) is 0 Å². The summed E-state index contributed by atoms with van der Waals surface area (Å²) in [6, 6.07) is 14.5. The van der Waals surface area contributed by atoms with Crippen LogP contribution in [0.25, 0.3) is 10.8 Å². The molecule has 0 aliphatic rings. The summed E-state index contributed by atoms with van der Waals surface area (Å²) in [6.45, 7) is 0. The average Bonchev–Trinajstić information content (AvgIpc) is 2.48. The van der Waals surface area contributed by atoms with Crippen molar-refractivity contribution in [2.24, 2.45) is 0 Å². The van der Waals surface area contributed by atoms with Gasteiger partial charge in [0.1, 0.15) is 0 Å². The zero-order valence-electron chi connectivity index (χ0n) is 10.6. The third-order valence-corrected chi connectivity index (χ3v) is 3.19. The molecule has 1 aromatic heterocycles. The number of benzene rings is 2. The minimum Gasteiger partial charge on any atom is -0.258 e. The van der Waals surface area contributed by atoms with Crippen LogP contribution < -0.4 is 0 Å². The molecule has 5 heteroatoms. The monoisotopic (exact) mass is 265 g/mol. The van der Waals surface area contributed by atoms with Crippen LogP contribution in [0.15, 0.2) is 54.7 Å². The molecule has 0 aliphatic heterocycles. The Bertz CT molecular complexity index is 781. The Morgan fingerprint density at radius 2 is 1.80 bits per heavy atom. The third-order valence-electron chi connectivity index (χ3n) is 3.19. The van der Waals surface area contributed by atoms with Crippen molar-refractivity contribution in [2.45, 2.75) is 6.42 Å². The summed E-state index contributed by atoms with van der Waals surface area (Å²) in [4.78, 5) is 10.7. The van der Waals surface area contributed by atoms with E-state index in [9.17, 15) is 10.1 Å². The molecule has 0 fully saturated rings. The number of para-hydroxylation sites is 1. The number of hydrogen-bond donors (Lipinski definition) is 0. The van der Waals surface area contributed by atoms with E-state index in [-0.39, 0.29) is 10.6 Å². The molecule has 0 saturated carbocycles. The van der Waals surface area contributed by atoms with Crippen LogP contribution in [0.1, 0.15) is 11.3 Å². The second-order valence-electron chi connectivity index (χ2n) is 4.44. The molecule has 0 bridgehead atoms. The second-order valence-corrected chi connectivity index (χ2v) is 4.44. The van der Waals surface area contributed by atoms with E-state index >= 15 is 0 Å². The van der Waals surface area contributed by atoms with Gasteiger partial charge in [-0.05, 0) is 0 Å². The minimum absolute atomic E-state index is 0.113. The molecule has 3 aromatic rings. The molecule has 0 amide bonds. The number of nitrogens with zero attached hydrogens (tertiary/aromatic N) is 3. The van der Waals surface area contributed by atoms with Crippen LogP contribution in [0.5, 0.6) is 0 Å². The standard InChI is InChI=1S/C15H11N3O2/c19-18(20)15-8-4-2-5-11(15)9-14-13-7-3-1-6-12(13)10-16-17-14/h1-8,10H,9H2. The smallest absolute Gasteiger partial charge is 0.258 e. The van der Waals surface area contributed by atoms with Crippen LogP contribution >= 0.6 is 0 Å². The van der Waals surface area contributed by atoms with Crippen molar-refractivity contribution in [1.29, 1.82) is 0 Å². The molecule has 20 heavy (non-hydrogen) atoms. The highest BCUT2D eigenvalue weighted by atomic mass is 16.6. The van der Waals surface area contributed by atoms with Gasteiger partial charge in [-0.3, -0.25) is 10.1 Å². The highest BCUT2D eigenvalue weighted by Crippen LogP contribution is 2.23. The summed E-state index contributed by atoms with van der Waals surface area (Å²) in [5.74, 6) is 0. The van der Waals surface area contributed by atoms with Gasteiger partial charge >= 0.3 is 0 Å². The highest BCUT2D eigenvalue weighted by Gasteiger charge is 2.14. The van der Waals surface area contributed by atoms with Crippen LogP contribution in [0.4, 0.5) is 5.69 Å². The van der Waals surface area contributed by atoms with Crippen LogP contribution in [0.3, 0.4) is 0 Å². The Morgan fingerprint density at radius 1 is 1.05 bits per heavy atom. The van der Waals surface area contributed by atoms with Gasteiger partial charge in [0.05, 0.1) is 16.8 Å². The van der Waals surface area contributed by atoms with Crippen molar-refractivity contribution in [3.63, 3.8) is 0 Å². The predicted octanol–water partition coefficient (Wildman–Crippen LogP) is 3.13. The summed E-state index contributed by atoms with van der Waals surface area (Å²) >= 11 is 0. The lowest BCUT2D eigenvalue weighted by atomic mass is 10.0. The largest absolute Gasteiger partial charge is 0.272 e. The summed E-state index contributed by atoms with van der Waals surface area (Å²) in [5, 5.41) is 21.1. The molecule has 0 radical (unpaired) electrons. The van der Waals surface area contributed by atoms with Gasteiger partial charge in [0.25, 0.3) is 5.69 Å². The van der Waals surface area contributed by atoms with Gasteiger partial charge < -0.3 is 0 Å². The van der Waals surface area contributed by atoms with E-state index in [1.54, 1.807) is 24.4 Å². The summed E-state index contributed by atoms with van der Waals surface area (Å²) in [7, 11) is 0. The Kier molecular flexibility index (Phi) is 3.09. The Morgan fingerprint density at radius 3 is 2.65 bits per heavy atom. The van der Waals surface area contributed by atoms with E-state index in [0.29, 0.717) is 12.0 Å². The number of nitro groups is 1. The van der Waals surface area contributed by atoms with Gasteiger partial charge in [-0.2, -0.15) is 10.2 Å². The van der Waals surface area contributed by atoms with E-state index in [1.807, 2.05) is 24.3 Å². The maximum atomic E-state index is 11.0. The molecule has 3 rings (SSSR count). The first-order valence-electron chi connectivity index (χ1n) is 6.17. The lowest BCUT2D eigenvalue weighted by Crippen LogP contribution is -2.00. The zero-order chi connectivity index (χ0) is 13.9. The molecule has 0 aliphatic carbocycles. The van der Waals surface area contributed by atoms with Gasteiger partial charge in [-0.15, -0.1) is 0 Å². The molecular formula is C15H11N3O2. The van der Waals surface area contributed by atoms with Crippen LogP contribution in [-0.2, 0) is 6.42 Å². The predicted molar refractivity (Wildman–Crippen MR) is 75.4 cm³/mol. The molecule has 0 spiro atoms. The summed E-state index contributed by atoms with van der Waals surface area (Å²) in [5.41, 5.74) is 1.50. The van der Waals surface area contributed by atoms with Crippen molar-refractivity contribution >= 4 is 16.5 Å². The molecule has 98 valence electrons. The van der Waals surface area contributed by atoms with E-state index in [0.717, 1.165) is 16.5 Å². The molecule has 0 N–H and O–H groups in total. The number of nitro benzene ring substituents is 1. The molecule has 0 atom stereocenters. The topological polar surface area (TPSA) is 68.9 Å². The fourth-order valence-electron chi connectivity index (χ4n) is 2.24. The first kappa shape index (κ1) is 12.2. The Hall–Kier alpha value is -2.82. The lowest BCUT2D eigenvalue weighted by molar-refractivity contribution is -0.385. The fourth-order valence-corrected chi connectivity index (χ4v) is 2.24. The van der Waals surface area contributed by atoms with Gasteiger partial charge in [-0.1, -0.05) is 42.5 Å². The molecule has 5 nitrogen and oxygen atoms in total. The number of aromatic nitrogens is 2. The van der Waals surface area contributed by atoms with Crippen LogP contribution in [-0.4, -0.2) is 15.1 Å². The maximum Gasteiger partial charge on any atom is 0.272 e. The van der Waals surface area contributed by atoms with Gasteiger partial charge in [0.2, 0.25) is 0 Å². The molecule has 2 aromatic carbocycles. The average molecular weight is 265 g/mol. The first-order valence-corrected chi connectivity index (χ1v) is 6.17. The van der Waals surface area contributed by atoms with E-state index in [1.165, 1.54) is 6.07 Å². The van der Waals surface area contributed by atoms with Gasteiger partial charge in [0, 0.05) is 28.8 Å². The number of rotatable bonds is 3. The fraction of sp³-hybridized carbons (Fsp3) is 0.0667. The number of fused-ring (bicyclic) bond motifs is 1. The SMILES string of the molecule is O=[N+]([O-])c1ccccc1Cc1nncc2ccccc12. The van der Waals surface area contributed by atoms with Crippen molar-refractivity contribution < 1.29 is 4.92 Å². The van der Waals surface area contributed by atoms with Crippen molar-refractivity contribution in [2.75, 3.05) is 0 Å². The van der Waals surface area contributed by atoms with Crippen LogP contribution in [0.2, 0.25) is 0 Å². The Labute approximate surface area is 115 Å². The molecule has 0 saturated heterocycles. The van der Waals surface area contributed by atoms with Gasteiger partial charge in [-0.25, -0.2) is 0 Å². The van der Waals surface area contributed by atoms with E-state index in [4.69, 9.17) is 0 Å². The van der Waals surface area contributed by atoms with Crippen LogP contribution in [0, 0.1) is 10.1 Å². The maximum absolute atomic E-state index is 11.0. The molecule has 0 unspecified atom stereocenters. The number of hydrogen-bond acceptors (Lipinski definition) is 4.